The van der Waals surface area contributed by atoms with Gasteiger partial charge in [-0.3, -0.25) is 0 Å². The van der Waals surface area contributed by atoms with Crippen LogP contribution in [0.1, 0.15) is 65.7 Å². The van der Waals surface area contributed by atoms with Crippen LogP contribution < -0.4 is 5.32 Å². The molecule has 26 heavy (non-hydrogen) atoms. The van der Waals surface area contributed by atoms with Crippen LogP contribution in [0.2, 0.25) is 0 Å². The van der Waals surface area contributed by atoms with Gasteiger partial charge in [0.15, 0.2) is 0 Å². The van der Waals surface area contributed by atoms with E-state index >= 15 is 0 Å². The predicted molar refractivity (Wildman–Crippen MR) is 115 cm³/mol. The molecule has 0 bridgehead atoms. The average molecular weight is 355 g/mol. The first-order valence-corrected chi connectivity index (χ1v) is 10.5. The van der Waals surface area contributed by atoms with Crippen molar-refractivity contribution < 1.29 is 0 Å². The Hall–Kier alpha value is -1.54. The zero-order valence-electron chi connectivity index (χ0n) is 17.1. The lowest BCUT2D eigenvalue weighted by Crippen LogP contribution is -2.39. The van der Waals surface area contributed by atoms with Gasteiger partial charge >= 0.3 is 0 Å². The molecule has 1 heterocycles. The average Bonchev–Trinajstić information content (AvgIpc) is 3.06. The summed E-state index contributed by atoms with van der Waals surface area (Å²) in [4.78, 5) is 2.67. The van der Waals surface area contributed by atoms with Gasteiger partial charge in [-0.05, 0) is 76.1 Å². The van der Waals surface area contributed by atoms with E-state index in [0.717, 1.165) is 25.8 Å². The lowest BCUT2D eigenvalue weighted by Gasteiger charge is -2.34. The molecular weight excluding hydrogens is 316 g/mol. The van der Waals surface area contributed by atoms with Crippen LogP contribution in [0.15, 0.2) is 59.9 Å². The van der Waals surface area contributed by atoms with Gasteiger partial charge in [0.1, 0.15) is 0 Å². The van der Waals surface area contributed by atoms with Gasteiger partial charge in [-0.25, -0.2) is 0 Å². The van der Waals surface area contributed by atoms with Crippen molar-refractivity contribution in [3.8, 4) is 0 Å². The zero-order chi connectivity index (χ0) is 18.8. The van der Waals surface area contributed by atoms with E-state index < -0.39 is 0 Å². The van der Waals surface area contributed by atoms with Crippen molar-refractivity contribution in [1.29, 1.82) is 0 Å². The van der Waals surface area contributed by atoms with Gasteiger partial charge < -0.3 is 10.2 Å². The van der Waals surface area contributed by atoms with Gasteiger partial charge in [0.05, 0.1) is 0 Å². The molecule has 2 fully saturated rings. The van der Waals surface area contributed by atoms with Crippen LogP contribution in [-0.2, 0) is 0 Å². The van der Waals surface area contributed by atoms with Gasteiger partial charge in [-0.1, -0.05) is 50.3 Å². The summed E-state index contributed by atoms with van der Waals surface area (Å²) in [5.74, 6) is 0. The minimum atomic E-state index is 0.560. The summed E-state index contributed by atoms with van der Waals surface area (Å²) in [6, 6.07) is 1.25. The second-order valence-corrected chi connectivity index (χ2v) is 7.47. The van der Waals surface area contributed by atoms with E-state index in [-0.39, 0.29) is 0 Å². The van der Waals surface area contributed by atoms with Gasteiger partial charge in [-0.15, -0.1) is 0 Å². The number of rotatable bonds is 8. The molecule has 0 radical (unpaired) electrons. The van der Waals surface area contributed by atoms with Crippen LogP contribution >= 0.6 is 0 Å². The molecule has 2 atom stereocenters. The van der Waals surface area contributed by atoms with Crippen molar-refractivity contribution in [2.24, 2.45) is 0 Å². The van der Waals surface area contributed by atoms with E-state index in [2.05, 4.69) is 67.9 Å². The van der Waals surface area contributed by atoms with Crippen molar-refractivity contribution in [2.45, 2.75) is 77.8 Å². The smallest absolute Gasteiger partial charge is 0.0370 e. The Kier molecular flexibility index (Phi) is 8.97. The van der Waals surface area contributed by atoms with Crippen LogP contribution in [0.4, 0.5) is 0 Å². The van der Waals surface area contributed by atoms with E-state index in [1.807, 2.05) is 6.08 Å². The Labute approximate surface area is 161 Å². The van der Waals surface area contributed by atoms with Crippen molar-refractivity contribution in [1.82, 2.24) is 10.2 Å². The highest BCUT2D eigenvalue weighted by molar-refractivity contribution is 5.40. The fourth-order valence-electron chi connectivity index (χ4n) is 4.33. The molecule has 1 aliphatic heterocycles. The third-order valence-electron chi connectivity index (χ3n) is 5.64. The number of hydrogen-bond donors (Lipinski definition) is 1. The second kappa shape index (κ2) is 11.2. The number of nitrogens with zero attached hydrogens (tertiary/aromatic N) is 1. The van der Waals surface area contributed by atoms with E-state index in [4.69, 9.17) is 0 Å². The Morgan fingerprint density at radius 3 is 2.65 bits per heavy atom. The Morgan fingerprint density at radius 1 is 1.23 bits per heavy atom. The quantitative estimate of drug-likeness (QED) is 0.545. The molecule has 2 aliphatic rings. The topological polar surface area (TPSA) is 15.3 Å². The first-order valence-electron chi connectivity index (χ1n) is 10.5. The molecule has 2 rings (SSSR count). The summed E-state index contributed by atoms with van der Waals surface area (Å²) in [5, 5.41) is 3.72. The maximum atomic E-state index is 3.91. The third kappa shape index (κ3) is 5.74. The van der Waals surface area contributed by atoms with Crippen molar-refractivity contribution >= 4 is 0 Å². The summed E-state index contributed by atoms with van der Waals surface area (Å²) in [6.45, 7) is 12.8. The van der Waals surface area contributed by atoms with E-state index in [0.29, 0.717) is 12.1 Å². The zero-order valence-corrected chi connectivity index (χ0v) is 17.1. The van der Waals surface area contributed by atoms with Crippen molar-refractivity contribution in [3.63, 3.8) is 0 Å². The molecular formula is C24H38N2. The predicted octanol–water partition coefficient (Wildman–Crippen LogP) is 5.91. The normalized spacial score (nSPS) is 27.6. The fourth-order valence-corrected chi connectivity index (χ4v) is 4.33. The largest absolute Gasteiger partial charge is 0.368 e. The number of hydrogen-bond acceptors (Lipinski definition) is 2. The highest BCUT2D eigenvalue weighted by Gasteiger charge is 2.29. The summed E-state index contributed by atoms with van der Waals surface area (Å²) in [6.07, 6.45) is 21.9. The molecule has 0 aromatic heterocycles. The molecule has 2 heteroatoms. The molecule has 1 N–H and O–H groups in total. The molecule has 1 aliphatic carbocycles. The second-order valence-electron chi connectivity index (χ2n) is 7.47. The lowest BCUT2D eigenvalue weighted by molar-refractivity contribution is 0.243. The van der Waals surface area contributed by atoms with Gasteiger partial charge in [0.25, 0.3) is 0 Å². The molecule has 2 nitrogen and oxygen atoms in total. The van der Waals surface area contributed by atoms with Crippen molar-refractivity contribution in [2.75, 3.05) is 13.1 Å². The van der Waals surface area contributed by atoms with Gasteiger partial charge in [-0.2, -0.15) is 0 Å². The molecule has 0 spiro atoms. The van der Waals surface area contributed by atoms with Crippen LogP contribution in [0.25, 0.3) is 0 Å². The molecule has 144 valence electrons. The van der Waals surface area contributed by atoms with Gasteiger partial charge in [0, 0.05) is 24.3 Å². The van der Waals surface area contributed by atoms with E-state index in [1.54, 1.807) is 0 Å². The van der Waals surface area contributed by atoms with Crippen molar-refractivity contribution in [3.05, 3.63) is 59.9 Å². The summed E-state index contributed by atoms with van der Waals surface area (Å²) >= 11 is 0. The lowest BCUT2D eigenvalue weighted by atomic mass is 10.0. The molecule has 0 amide bonds. The molecule has 0 aromatic carbocycles. The van der Waals surface area contributed by atoms with E-state index in [9.17, 15) is 0 Å². The molecule has 0 aromatic rings. The standard InChI is InChI=1S/C24H38N2/c1-5-11-21-19-24(18-20(21)8-4)26(23(12-6-2)13-7-3)17-15-22-14-9-10-16-25-22/h5-6,8,11-13,22,24-25H,1,7,9-10,14-19H2,2-4H3/b12-6-,20-8-,21-11-,23-13+. The SMILES string of the molecule is C=C/C=C1/CC(N(CCC2CCCCN2)C(/C=C\C)=C/CC)C/C1=C/C. The highest BCUT2D eigenvalue weighted by Crippen LogP contribution is 2.36. The maximum absolute atomic E-state index is 3.91. The first kappa shape index (κ1) is 20.8. The summed E-state index contributed by atoms with van der Waals surface area (Å²) in [5.41, 5.74) is 4.35. The monoisotopic (exact) mass is 354 g/mol. The molecule has 1 saturated heterocycles. The number of allylic oxidation sites excluding steroid dienone is 6. The minimum absolute atomic E-state index is 0.560. The Morgan fingerprint density at radius 2 is 2.04 bits per heavy atom. The van der Waals surface area contributed by atoms with Crippen LogP contribution in [0.5, 0.6) is 0 Å². The minimum Gasteiger partial charge on any atom is -0.368 e. The highest BCUT2D eigenvalue weighted by atomic mass is 15.2. The Bertz CT molecular complexity index is 559. The first-order chi connectivity index (χ1) is 12.7. The summed E-state index contributed by atoms with van der Waals surface area (Å²) < 4.78 is 0. The van der Waals surface area contributed by atoms with Crippen LogP contribution in [0.3, 0.4) is 0 Å². The maximum Gasteiger partial charge on any atom is 0.0370 e. The summed E-state index contributed by atoms with van der Waals surface area (Å²) in [7, 11) is 0. The van der Waals surface area contributed by atoms with E-state index in [1.165, 1.54) is 49.1 Å². The number of nitrogens with one attached hydrogen (secondary N) is 1. The number of piperidine rings is 1. The van der Waals surface area contributed by atoms with Gasteiger partial charge in [0.2, 0.25) is 0 Å². The molecule has 2 unspecified atom stereocenters. The van der Waals surface area contributed by atoms with Crippen LogP contribution in [-0.4, -0.2) is 30.1 Å². The third-order valence-corrected chi connectivity index (χ3v) is 5.64. The Balaban J connectivity index is 2.17. The fraction of sp³-hybridized carbons (Fsp3) is 0.583. The van der Waals surface area contributed by atoms with Crippen LogP contribution in [0, 0.1) is 0 Å². The molecule has 1 saturated carbocycles.